The van der Waals surface area contributed by atoms with E-state index in [0.29, 0.717) is 72.7 Å². The lowest BCUT2D eigenvalue weighted by atomic mass is 10.1. The zero-order valence-corrected chi connectivity index (χ0v) is 25.8. The maximum Gasteiger partial charge on any atom is 0.397 e. The average molecular weight is 603 g/mol. The number of hydrogen-bond donors (Lipinski definition) is 1. The second-order valence-corrected chi connectivity index (χ2v) is 10.5. The van der Waals surface area contributed by atoms with Gasteiger partial charge in [0.1, 0.15) is 0 Å². The van der Waals surface area contributed by atoms with Gasteiger partial charge >= 0.3 is 10.4 Å². The van der Waals surface area contributed by atoms with Gasteiger partial charge in [-0.1, -0.05) is 77.6 Å². The van der Waals surface area contributed by atoms with Crippen LogP contribution in [0, 0.1) is 0 Å². The van der Waals surface area contributed by atoms with Crippen molar-refractivity contribution in [2.24, 2.45) is 0 Å². The van der Waals surface area contributed by atoms with Gasteiger partial charge in [-0.2, -0.15) is 8.42 Å². The predicted molar refractivity (Wildman–Crippen MR) is 154 cm³/mol. The highest BCUT2D eigenvalue weighted by Gasteiger charge is 2.02. The molecule has 0 aromatic carbocycles. The van der Waals surface area contributed by atoms with Crippen molar-refractivity contribution < 1.29 is 50.3 Å². The third-order valence-electron chi connectivity index (χ3n) is 5.83. The molecule has 40 heavy (non-hydrogen) atoms. The lowest BCUT2D eigenvalue weighted by Gasteiger charge is -2.08. The molecular weight excluding hydrogens is 544 g/mol. The largest absolute Gasteiger partial charge is 0.397 e. The fraction of sp³-hybridized carbons (Fsp3) is 1.00. The Balaban J connectivity index is 3.05. The molecule has 0 amide bonds. The molecule has 242 valence electrons. The fourth-order valence-electron chi connectivity index (χ4n) is 3.66. The first-order valence-electron chi connectivity index (χ1n) is 15.2. The minimum absolute atomic E-state index is 0.0439. The summed E-state index contributed by atoms with van der Waals surface area (Å²) in [7, 11) is -4.41. The Bertz CT molecular complexity index is 579. The zero-order valence-electron chi connectivity index (χ0n) is 25.0. The van der Waals surface area contributed by atoms with E-state index < -0.39 is 10.4 Å². The van der Waals surface area contributed by atoms with Gasteiger partial charge < -0.3 is 33.2 Å². The lowest BCUT2D eigenvalue weighted by Crippen LogP contribution is -2.15. The Morgan fingerprint density at radius 2 is 0.625 bits per heavy atom. The molecule has 0 aromatic rings. The van der Waals surface area contributed by atoms with Gasteiger partial charge in [0.05, 0.1) is 92.5 Å². The van der Waals surface area contributed by atoms with Gasteiger partial charge in [0.2, 0.25) is 0 Å². The van der Waals surface area contributed by atoms with Gasteiger partial charge in [0.25, 0.3) is 0 Å². The smallest absolute Gasteiger partial charge is 0.379 e. The number of ether oxygens (including phenoxy) is 7. The minimum atomic E-state index is -4.41. The van der Waals surface area contributed by atoms with Crippen LogP contribution < -0.4 is 0 Å². The summed E-state index contributed by atoms with van der Waals surface area (Å²) in [6.07, 6.45) is 16.2. The topological polar surface area (TPSA) is 128 Å². The van der Waals surface area contributed by atoms with Crippen LogP contribution in [0.4, 0.5) is 0 Å². The summed E-state index contributed by atoms with van der Waals surface area (Å²) >= 11 is 0. The lowest BCUT2D eigenvalue weighted by molar-refractivity contribution is -0.0213. The molecule has 0 aliphatic rings. The molecule has 0 radical (unpaired) electrons. The van der Waals surface area contributed by atoms with Crippen molar-refractivity contribution in [3.05, 3.63) is 0 Å². The van der Waals surface area contributed by atoms with Crippen LogP contribution in [0.25, 0.3) is 0 Å². The molecule has 0 spiro atoms. The summed E-state index contributed by atoms with van der Waals surface area (Å²) in [5.41, 5.74) is 0. The molecule has 0 bridgehead atoms. The van der Waals surface area contributed by atoms with Gasteiger partial charge in [0, 0.05) is 6.61 Å². The van der Waals surface area contributed by atoms with Gasteiger partial charge in [-0.15, -0.1) is 0 Å². The molecule has 0 saturated carbocycles. The second-order valence-electron chi connectivity index (χ2n) is 9.43. The second kappa shape index (κ2) is 33.1. The molecule has 0 rings (SSSR count). The molecule has 11 nitrogen and oxygen atoms in total. The molecule has 12 heteroatoms. The van der Waals surface area contributed by atoms with Crippen LogP contribution in [0.3, 0.4) is 0 Å². The Morgan fingerprint density at radius 1 is 0.375 bits per heavy atom. The van der Waals surface area contributed by atoms with Crippen molar-refractivity contribution in [3.8, 4) is 0 Å². The molecular formula is C28H58O11S. The van der Waals surface area contributed by atoms with E-state index in [1.807, 2.05) is 0 Å². The first-order valence-corrected chi connectivity index (χ1v) is 16.6. The Kier molecular flexibility index (Phi) is 32.8. The predicted octanol–water partition coefficient (Wildman–Crippen LogP) is 4.62. The summed E-state index contributed by atoms with van der Waals surface area (Å²) in [6.45, 7) is 8.65. The molecule has 0 heterocycles. The molecule has 1 N–H and O–H groups in total. The van der Waals surface area contributed by atoms with Gasteiger partial charge in [-0.25, -0.2) is 4.18 Å². The molecule has 0 aliphatic carbocycles. The molecule has 0 unspecified atom stereocenters. The summed E-state index contributed by atoms with van der Waals surface area (Å²) in [5.74, 6) is 0. The van der Waals surface area contributed by atoms with E-state index in [2.05, 4.69) is 11.1 Å². The van der Waals surface area contributed by atoms with Gasteiger partial charge in [-0.3, -0.25) is 4.55 Å². The van der Waals surface area contributed by atoms with Crippen LogP contribution in [0.5, 0.6) is 0 Å². The molecule has 0 atom stereocenters. The maximum atomic E-state index is 10.3. The zero-order chi connectivity index (χ0) is 29.2. The monoisotopic (exact) mass is 602 g/mol. The third-order valence-corrected chi connectivity index (χ3v) is 6.30. The van der Waals surface area contributed by atoms with Crippen LogP contribution in [-0.2, 0) is 47.7 Å². The first-order chi connectivity index (χ1) is 19.6. The molecule has 0 aliphatic heterocycles. The van der Waals surface area contributed by atoms with E-state index in [4.69, 9.17) is 37.7 Å². The SMILES string of the molecule is CCCCCCCCCCCCCCOCCOCCOCCOCCOCCOCCOCCOS(=O)(=O)O. The van der Waals surface area contributed by atoms with Crippen LogP contribution >= 0.6 is 0 Å². The van der Waals surface area contributed by atoms with Crippen molar-refractivity contribution in [1.29, 1.82) is 0 Å². The van der Waals surface area contributed by atoms with E-state index in [-0.39, 0.29) is 19.8 Å². The minimum Gasteiger partial charge on any atom is -0.379 e. The van der Waals surface area contributed by atoms with Crippen LogP contribution in [-0.4, -0.2) is 112 Å². The number of unbranched alkanes of at least 4 members (excludes halogenated alkanes) is 11. The van der Waals surface area contributed by atoms with Gasteiger partial charge in [0.15, 0.2) is 0 Å². The number of hydrogen-bond acceptors (Lipinski definition) is 10. The number of rotatable bonds is 35. The molecule has 0 fully saturated rings. The van der Waals surface area contributed by atoms with E-state index in [0.717, 1.165) is 13.0 Å². The highest BCUT2D eigenvalue weighted by Crippen LogP contribution is 2.11. The van der Waals surface area contributed by atoms with Crippen molar-refractivity contribution in [1.82, 2.24) is 0 Å². The summed E-state index contributed by atoms with van der Waals surface area (Å²) in [5, 5.41) is 0. The van der Waals surface area contributed by atoms with Crippen molar-refractivity contribution in [2.45, 2.75) is 84.0 Å². The Labute approximate surface area is 243 Å². The van der Waals surface area contributed by atoms with Crippen LogP contribution in [0.15, 0.2) is 0 Å². The molecule has 0 saturated heterocycles. The standard InChI is InChI=1S/C28H58O11S/c1-2-3-4-5-6-7-8-9-10-11-12-13-14-32-15-16-33-17-18-34-19-20-35-21-22-36-23-24-37-25-26-38-27-28-39-40(29,30)31/h2-28H2,1H3,(H,29,30,31). The highest BCUT2D eigenvalue weighted by molar-refractivity contribution is 7.80. The quantitative estimate of drug-likeness (QED) is 0.0806. The first kappa shape index (κ1) is 39.6. The normalized spacial score (nSPS) is 11.9. The van der Waals surface area contributed by atoms with Crippen LogP contribution in [0.1, 0.15) is 84.0 Å². The van der Waals surface area contributed by atoms with Crippen molar-refractivity contribution in [2.75, 3.05) is 99.1 Å². The van der Waals surface area contributed by atoms with Crippen molar-refractivity contribution >= 4 is 10.4 Å². The molecule has 0 aromatic heterocycles. The van der Waals surface area contributed by atoms with Crippen molar-refractivity contribution in [3.63, 3.8) is 0 Å². The summed E-state index contributed by atoms with van der Waals surface area (Å²) in [6, 6.07) is 0. The average Bonchev–Trinajstić information content (AvgIpc) is 2.92. The fourth-order valence-corrected chi connectivity index (χ4v) is 3.94. The van der Waals surface area contributed by atoms with E-state index in [9.17, 15) is 8.42 Å². The van der Waals surface area contributed by atoms with E-state index in [1.165, 1.54) is 70.6 Å². The van der Waals surface area contributed by atoms with E-state index >= 15 is 0 Å². The summed E-state index contributed by atoms with van der Waals surface area (Å²) in [4.78, 5) is 0. The third kappa shape index (κ3) is 37.6. The van der Waals surface area contributed by atoms with Crippen LogP contribution in [0.2, 0.25) is 0 Å². The Morgan fingerprint density at radius 3 is 0.925 bits per heavy atom. The maximum absolute atomic E-state index is 10.3. The Hall–Kier alpha value is -0.410. The van der Waals surface area contributed by atoms with Gasteiger partial charge in [-0.05, 0) is 6.42 Å². The van der Waals surface area contributed by atoms with E-state index in [1.54, 1.807) is 0 Å². The summed E-state index contributed by atoms with van der Waals surface area (Å²) < 4.78 is 70.9. The highest BCUT2D eigenvalue weighted by atomic mass is 32.3.